The molecule has 0 bridgehead atoms. The number of nitrogens with zero attached hydrogens (tertiary/aromatic N) is 5. The van der Waals surface area contributed by atoms with E-state index >= 15 is 0 Å². The SMILES string of the molecule is CN(C)[C@H]1CCN(Cc2ccc(-c3cncc(-c4cc(NC5CC5)nc(-c5ccccn5)c4)c3)cc2)C1. The predicted octanol–water partition coefficient (Wildman–Crippen LogP) is 5.58. The predicted molar refractivity (Wildman–Crippen MR) is 150 cm³/mol. The number of hydrogen-bond donors (Lipinski definition) is 1. The van der Waals surface area contributed by atoms with Crippen LogP contribution in [-0.4, -0.2) is 64.0 Å². The molecule has 4 heterocycles. The number of likely N-dealkylation sites (tertiary alicyclic amines) is 1. The lowest BCUT2D eigenvalue weighted by Crippen LogP contribution is -2.31. The summed E-state index contributed by atoms with van der Waals surface area (Å²) in [4.78, 5) is 18.9. The minimum absolute atomic E-state index is 0.525. The summed E-state index contributed by atoms with van der Waals surface area (Å²) in [6, 6.07) is 22.6. The van der Waals surface area contributed by atoms with Crippen LogP contribution in [0.5, 0.6) is 0 Å². The average Bonchev–Trinajstić information content (AvgIpc) is 3.62. The zero-order valence-corrected chi connectivity index (χ0v) is 21.6. The van der Waals surface area contributed by atoms with Gasteiger partial charge in [0.25, 0.3) is 0 Å². The van der Waals surface area contributed by atoms with Crippen molar-refractivity contribution in [3.05, 3.63) is 84.8 Å². The monoisotopic (exact) mass is 490 g/mol. The van der Waals surface area contributed by atoms with Crippen LogP contribution in [0.2, 0.25) is 0 Å². The lowest BCUT2D eigenvalue weighted by atomic mass is 10.0. The van der Waals surface area contributed by atoms with Gasteiger partial charge in [0.2, 0.25) is 0 Å². The Morgan fingerprint density at radius 3 is 2.38 bits per heavy atom. The van der Waals surface area contributed by atoms with E-state index in [2.05, 4.69) is 81.6 Å². The molecule has 2 aliphatic rings. The minimum Gasteiger partial charge on any atom is -0.367 e. The fourth-order valence-electron chi connectivity index (χ4n) is 5.05. The van der Waals surface area contributed by atoms with E-state index in [1.54, 1.807) is 0 Å². The second kappa shape index (κ2) is 10.4. The third-order valence-electron chi connectivity index (χ3n) is 7.42. The van der Waals surface area contributed by atoms with Gasteiger partial charge in [-0.05, 0) is 80.4 Å². The van der Waals surface area contributed by atoms with Crippen LogP contribution in [-0.2, 0) is 6.54 Å². The van der Waals surface area contributed by atoms with Gasteiger partial charge in [-0.15, -0.1) is 0 Å². The van der Waals surface area contributed by atoms with Gasteiger partial charge >= 0.3 is 0 Å². The van der Waals surface area contributed by atoms with Crippen LogP contribution in [0.4, 0.5) is 5.82 Å². The number of anilines is 1. The van der Waals surface area contributed by atoms with Gasteiger partial charge in [-0.1, -0.05) is 30.3 Å². The molecule has 2 fully saturated rings. The number of hydrogen-bond acceptors (Lipinski definition) is 6. The maximum atomic E-state index is 4.86. The molecule has 1 aliphatic carbocycles. The number of rotatable bonds is 8. The lowest BCUT2D eigenvalue weighted by molar-refractivity contribution is 0.264. The van der Waals surface area contributed by atoms with E-state index in [-0.39, 0.29) is 0 Å². The first-order chi connectivity index (χ1) is 18.1. The molecule has 3 aromatic heterocycles. The van der Waals surface area contributed by atoms with E-state index in [9.17, 15) is 0 Å². The summed E-state index contributed by atoms with van der Waals surface area (Å²) >= 11 is 0. The first-order valence-electron chi connectivity index (χ1n) is 13.2. The number of pyridine rings is 3. The summed E-state index contributed by atoms with van der Waals surface area (Å²) in [6.45, 7) is 3.32. The van der Waals surface area contributed by atoms with Gasteiger partial charge in [0.05, 0.1) is 11.4 Å². The quantitative estimate of drug-likeness (QED) is 0.348. The van der Waals surface area contributed by atoms with Crippen molar-refractivity contribution in [2.75, 3.05) is 32.5 Å². The molecule has 0 radical (unpaired) electrons. The van der Waals surface area contributed by atoms with Gasteiger partial charge in [0, 0.05) is 61.4 Å². The fourth-order valence-corrected chi connectivity index (χ4v) is 5.05. The Labute approximate surface area is 219 Å². The van der Waals surface area contributed by atoms with Crippen molar-refractivity contribution in [2.45, 2.75) is 37.9 Å². The fraction of sp³-hybridized carbons (Fsp3) is 0.323. The van der Waals surface area contributed by atoms with E-state index in [4.69, 9.17) is 4.98 Å². The van der Waals surface area contributed by atoms with E-state index < -0.39 is 0 Å². The van der Waals surface area contributed by atoms with E-state index in [0.717, 1.165) is 47.0 Å². The maximum Gasteiger partial charge on any atom is 0.127 e. The summed E-state index contributed by atoms with van der Waals surface area (Å²) in [5.41, 5.74) is 7.57. The van der Waals surface area contributed by atoms with Gasteiger partial charge < -0.3 is 10.2 Å². The van der Waals surface area contributed by atoms with Crippen LogP contribution in [0.1, 0.15) is 24.8 Å². The topological polar surface area (TPSA) is 57.2 Å². The zero-order valence-electron chi connectivity index (χ0n) is 21.6. The summed E-state index contributed by atoms with van der Waals surface area (Å²) in [5, 5.41) is 3.56. The molecule has 4 aromatic rings. The molecule has 6 rings (SSSR count). The van der Waals surface area contributed by atoms with Gasteiger partial charge in [-0.3, -0.25) is 14.9 Å². The second-order valence-electron chi connectivity index (χ2n) is 10.6. The summed E-state index contributed by atoms with van der Waals surface area (Å²) in [7, 11) is 4.36. The molecule has 37 heavy (non-hydrogen) atoms. The third kappa shape index (κ3) is 5.71. The highest BCUT2D eigenvalue weighted by Gasteiger charge is 2.24. The molecule has 0 amide bonds. The molecule has 1 N–H and O–H groups in total. The Hall–Kier alpha value is -3.61. The highest BCUT2D eigenvalue weighted by Crippen LogP contribution is 2.32. The summed E-state index contributed by atoms with van der Waals surface area (Å²) in [6.07, 6.45) is 9.35. The summed E-state index contributed by atoms with van der Waals surface area (Å²) in [5.74, 6) is 0.897. The first-order valence-corrected chi connectivity index (χ1v) is 13.2. The Balaban J connectivity index is 1.24. The normalized spacial score (nSPS) is 17.9. The number of likely N-dealkylation sites (N-methyl/N-ethyl adjacent to an activating group) is 1. The molecular formula is C31H34N6. The van der Waals surface area contributed by atoms with Gasteiger partial charge in [0.1, 0.15) is 5.82 Å². The summed E-state index contributed by atoms with van der Waals surface area (Å²) < 4.78 is 0. The van der Waals surface area contributed by atoms with Crippen molar-refractivity contribution in [1.29, 1.82) is 0 Å². The van der Waals surface area contributed by atoms with Gasteiger partial charge in [-0.2, -0.15) is 0 Å². The molecule has 1 aromatic carbocycles. The molecule has 6 nitrogen and oxygen atoms in total. The standard InChI is InChI=1S/C31H34N6/c1-36(2)28-12-14-37(21-28)20-22-6-8-23(9-7-22)25-15-26(19-32-18-25)24-16-30(29-5-3-4-13-33-29)35-31(17-24)34-27-10-11-27/h3-9,13,15-19,27-28H,10-12,14,20-21H2,1-2H3,(H,34,35)/t28-/m0/s1. The van der Waals surface area contributed by atoms with Crippen molar-refractivity contribution in [1.82, 2.24) is 24.8 Å². The highest BCUT2D eigenvalue weighted by molar-refractivity contribution is 5.76. The second-order valence-corrected chi connectivity index (χ2v) is 10.6. The smallest absolute Gasteiger partial charge is 0.127 e. The van der Waals surface area contributed by atoms with Crippen LogP contribution in [0.3, 0.4) is 0 Å². The van der Waals surface area contributed by atoms with Crippen LogP contribution >= 0.6 is 0 Å². The molecule has 1 atom stereocenters. The molecule has 1 saturated carbocycles. The Kier molecular flexibility index (Phi) is 6.68. The molecule has 188 valence electrons. The van der Waals surface area contributed by atoms with Crippen molar-refractivity contribution < 1.29 is 0 Å². The number of aromatic nitrogens is 3. The molecule has 6 heteroatoms. The van der Waals surface area contributed by atoms with Gasteiger partial charge in [-0.25, -0.2) is 4.98 Å². The highest BCUT2D eigenvalue weighted by atomic mass is 15.2. The first kappa shape index (κ1) is 23.8. The Morgan fingerprint density at radius 2 is 1.68 bits per heavy atom. The van der Waals surface area contributed by atoms with E-state index in [0.29, 0.717) is 12.1 Å². The largest absolute Gasteiger partial charge is 0.367 e. The third-order valence-corrected chi connectivity index (χ3v) is 7.42. The maximum absolute atomic E-state index is 4.86. The number of benzene rings is 1. The lowest BCUT2D eigenvalue weighted by Gasteiger charge is -2.20. The van der Waals surface area contributed by atoms with Crippen molar-refractivity contribution in [3.63, 3.8) is 0 Å². The molecule has 1 aliphatic heterocycles. The Bertz CT molecular complexity index is 1350. The van der Waals surface area contributed by atoms with E-state index in [1.165, 1.54) is 36.9 Å². The van der Waals surface area contributed by atoms with E-state index in [1.807, 2.05) is 36.8 Å². The van der Waals surface area contributed by atoms with Crippen LogP contribution in [0.25, 0.3) is 33.6 Å². The minimum atomic E-state index is 0.525. The molecule has 1 saturated heterocycles. The van der Waals surface area contributed by atoms with Crippen LogP contribution in [0, 0.1) is 0 Å². The Morgan fingerprint density at radius 1 is 0.865 bits per heavy atom. The molecule has 0 unspecified atom stereocenters. The van der Waals surface area contributed by atoms with Crippen LogP contribution < -0.4 is 5.32 Å². The number of nitrogens with one attached hydrogen (secondary N) is 1. The van der Waals surface area contributed by atoms with Crippen molar-refractivity contribution in [3.8, 4) is 33.6 Å². The van der Waals surface area contributed by atoms with Crippen LogP contribution in [0.15, 0.2) is 79.3 Å². The molecule has 0 spiro atoms. The zero-order chi connectivity index (χ0) is 25.2. The van der Waals surface area contributed by atoms with Crippen molar-refractivity contribution >= 4 is 5.82 Å². The average molecular weight is 491 g/mol. The molecular weight excluding hydrogens is 456 g/mol. The van der Waals surface area contributed by atoms with Crippen molar-refractivity contribution in [2.24, 2.45) is 0 Å². The van der Waals surface area contributed by atoms with Gasteiger partial charge in [0.15, 0.2) is 0 Å².